The molecule has 0 saturated heterocycles. The minimum Gasteiger partial charge on any atom is -0.444 e. The largest absolute Gasteiger partial charge is 0.444 e. The third kappa shape index (κ3) is 9.97. The van der Waals surface area contributed by atoms with Gasteiger partial charge in [0.2, 0.25) is 10.0 Å². The van der Waals surface area contributed by atoms with Gasteiger partial charge in [-0.05, 0) is 48.2 Å². The first-order valence-corrected chi connectivity index (χ1v) is 18.7. The van der Waals surface area contributed by atoms with Crippen molar-refractivity contribution in [2.75, 3.05) is 18.4 Å². The number of fused-ring (bicyclic) bond motifs is 1. The summed E-state index contributed by atoms with van der Waals surface area (Å²) in [5.74, 6) is 10.1. The number of hydrogen-bond donors (Lipinski definition) is 5. The number of thiazole rings is 2. The highest BCUT2D eigenvalue weighted by Crippen LogP contribution is 2.31. The number of alkyl carbamates (subject to hydrolysis) is 1. The first-order chi connectivity index (χ1) is 24.4. The third-order valence-electron chi connectivity index (χ3n) is 7.49. The quantitative estimate of drug-likeness (QED) is 0.0901. The molecule has 1 unspecified atom stereocenters. The maximum Gasteiger partial charge on any atom is 0.407 e. The van der Waals surface area contributed by atoms with Crippen LogP contribution in [0, 0.1) is 5.92 Å². The van der Waals surface area contributed by atoms with Crippen LogP contribution < -0.4 is 32.1 Å². The highest BCUT2D eigenvalue weighted by Gasteiger charge is 2.32. The number of hydrogen-bond acceptors (Lipinski definition) is 14. The van der Waals surface area contributed by atoms with E-state index in [-0.39, 0.29) is 59.1 Å². The molecule has 0 aliphatic heterocycles. The number of ether oxygens (including phenoxy) is 1. The first kappa shape index (κ1) is 37.6. The summed E-state index contributed by atoms with van der Waals surface area (Å²) in [6, 6.07) is 17.0. The summed E-state index contributed by atoms with van der Waals surface area (Å²) >= 11 is 2.41. The van der Waals surface area contributed by atoms with E-state index in [1.54, 1.807) is 17.8 Å². The second kappa shape index (κ2) is 17.0. The van der Waals surface area contributed by atoms with Crippen LogP contribution in [0.25, 0.3) is 10.2 Å². The molecule has 5 aromatic rings. The zero-order chi connectivity index (χ0) is 36.5. The number of carbonyl (C=O) groups is 2. The average Bonchev–Trinajstić information content (AvgIpc) is 3.79. The Bertz CT molecular complexity index is 2020. The van der Waals surface area contributed by atoms with E-state index in [1.165, 1.54) is 46.0 Å². The summed E-state index contributed by atoms with van der Waals surface area (Å²) < 4.78 is 35.3. The lowest BCUT2D eigenvalue weighted by Gasteiger charge is -2.30. The Hall–Kier alpha value is -4.69. The Kier molecular flexibility index (Phi) is 12.5. The van der Waals surface area contributed by atoms with Gasteiger partial charge in [-0.25, -0.2) is 18.2 Å². The van der Waals surface area contributed by atoms with Gasteiger partial charge in [-0.2, -0.15) is 16.1 Å². The number of nitrogens with zero attached hydrogens (tertiary/aromatic N) is 3. The van der Waals surface area contributed by atoms with E-state index in [9.17, 15) is 23.1 Å². The van der Waals surface area contributed by atoms with Crippen molar-refractivity contribution in [2.45, 2.75) is 43.9 Å². The summed E-state index contributed by atoms with van der Waals surface area (Å²) in [6.45, 7) is 3.52. The second-order valence-electron chi connectivity index (χ2n) is 11.8. The predicted molar refractivity (Wildman–Crippen MR) is 193 cm³/mol. The molecule has 0 bridgehead atoms. The molecule has 5 rings (SSSR count). The predicted octanol–water partition coefficient (Wildman–Crippen LogP) is 4.06. The van der Waals surface area contributed by atoms with E-state index in [2.05, 4.69) is 20.6 Å². The molecule has 0 radical (unpaired) electrons. The first-order valence-electron chi connectivity index (χ1n) is 15.6. The fourth-order valence-electron chi connectivity index (χ4n) is 5.08. The van der Waals surface area contributed by atoms with Crippen molar-refractivity contribution in [3.05, 3.63) is 94.4 Å². The molecule has 0 fully saturated rings. The van der Waals surface area contributed by atoms with Gasteiger partial charge >= 0.3 is 6.09 Å². The van der Waals surface area contributed by atoms with E-state index >= 15 is 0 Å². The SMILES string of the molecule is CC(C)CN(C[C@@H](O)C(Cc1ccccc1)NC(=O)OCc1cncs1)S(=O)(=O)c1ccc2nc(NC(=O)c3cc(ON)cc(ON)c3)sc2c1. The lowest BCUT2D eigenvalue weighted by molar-refractivity contribution is 0.0876. The topological polar surface area (TPSA) is 221 Å². The van der Waals surface area contributed by atoms with Gasteiger partial charge in [0.15, 0.2) is 16.6 Å². The monoisotopic (exact) mass is 755 g/mol. The molecule has 2 aromatic heterocycles. The van der Waals surface area contributed by atoms with Crippen molar-refractivity contribution in [3.8, 4) is 11.5 Å². The Balaban J connectivity index is 1.35. The van der Waals surface area contributed by atoms with E-state index in [1.807, 2.05) is 44.2 Å². The van der Waals surface area contributed by atoms with Crippen molar-refractivity contribution in [1.29, 1.82) is 0 Å². The fourth-order valence-corrected chi connectivity index (χ4v) is 8.21. The molecule has 18 heteroatoms. The van der Waals surface area contributed by atoms with Crippen LogP contribution in [0.2, 0.25) is 0 Å². The molecule has 2 atom stereocenters. The zero-order valence-electron chi connectivity index (χ0n) is 27.6. The molecule has 0 saturated carbocycles. The molecular formula is C33H37N7O8S3. The smallest absolute Gasteiger partial charge is 0.407 e. The van der Waals surface area contributed by atoms with E-state index in [0.29, 0.717) is 10.2 Å². The number of benzene rings is 3. The van der Waals surface area contributed by atoms with Gasteiger partial charge in [0.05, 0.1) is 37.6 Å². The molecule has 0 aliphatic rings. The van der Waals surface area contributed by atoms with Crippen LogP contribution in [-0.2, 0) is 27.8 Å². The number of anilines is 1. The van der Waals surface area contributed by atoms with Crippen LogP contribution in [-0.4, -0.2) is 65.0 Å². The van der Waals surface area contributed by atoms with Gasteiger partial charge < -0.3 is 24.8 Å². The summed E-state index contributed by atoms with van der Waals surface area (Å²) in [4.78, 5) is 44.3. The van der Waals surface area contributed by atoms with Crippen molar-refractivity contribution in [2.24, 2.45) is 17.7 Å². The fraction of sp³-hybridized carbons (Fsp3) is 0.273. The number of sulfonamides is 1. The normalized spacial score (nSPS) is 12.8. The van der Waals surface area contributed by atoms with Gasteiger partial charge in [-0.3, -0.25) is 15.1 Å². The Morgan fingerprint density at radius 3 is 2.37 bits per heavy atom. The molecule has 0 aliphatic carbocycles. The number of nitrogens with one attached hydrogen (secondary N) is 2. The minimum absolute atomic E-state index is 0.00453. The van der Waals surface area contributed by atoms with Crippen molar-refractivity contribution >= 4 is 60.0 Å². The number of aromatic nitrogens is 2. The number of aliphatic hydroxyl groups excluding tert-OH is 1. The Morgan fingerprint density at radius 1 is 1.00 bits per heavy atom. The molecule has 3 aromatic carbocycles. The van der Waals surface area contributed by atoms with Crippen LogP contribution in [0.5, 0.6) is 11.5 Å². The van der Waals surface area contributed by atoms with Crippen LogP contribution in [0.15, 0.2) is 83.3 Å². The summed E-state index contributed by atoms with van der Waals surface area (Å²) in [5, 5.41) is 17.1. The third-order valence-corrected chi connectivity index (χ3v) is 11.0. The molecule has 51 heavy (non-hydrogen) atoms. The molecule has 0 spiro atoms. The lowest BCUT2D eigenvalue weighted by Crippen LogP contribution is -2.51. The number of rotatable bonds is 16. The van der Waals surface area contributed by atoms with Crippen molar-refractivity contribution in [3.63, 3.8) is 0 Å². The minimum atomic E-state index is -4.17. The number of nitrogens with two attached hydrogens (primary N) is 2. The highest BCUT2D eigenvalue weighted by molar-refractivity contribution is 7.89. The van der Waals surface area contributed by atoms with Crippen LogP contribution in [0.4, 0.5) is 9.93 Å². The average molecular weight is 756 g/mol. The second-order valence-corrected chi connectivity index (χ2v) is 15.7. The van der Waals surface area contributed by atoms with E-state index in [0.717, 1.165) is 21.8 Å². The van der Waals surface area contributed by atoms with Gasteiger partial charge in [0.1, 0.15) is 6.61 Å². The molecular weight excluding hydrogens is 719 g/mol. The number of carbonyl (C=O) groups excluding carboxylic acids is 2. The molecule has 15 nitrogen and oxygen atoms in total. The molecule has 2 amide bonds. The highest BCUT2D eigenvalue weighted by atomic mass is 32.2. The molecule has 270 valence electrons. The lowest BCUT2D eigenvalue weighted by atomic mass is 10.0. The Morgan fingerprint density at radius 2 is 1.73 bits per heavy atom. The summed E-state index contributed by atoms with van der Waals surface area (Å²) in [7, 11) is -4.17. The summed E-state index contributed by atoms with van der Waals surface area (Å²) in [6.07, 6.45) is -0.250. The van der Waals surface area contributed by atoms with E-state index in [4.69, 9.17) is 26.2 Å². The van der Waals surface area contributed by atoms with Gasteiger partial charge in [-0.1, -0.05) is 55.5 Å². The molecule has 2 heterocycles. The van der Waals surface area contributed by atoms with Crippen molar-refractivity contribution in [1.82, 2.24) is 19.6 Å². The van der Waals surface area contributed by atoms with Gasteiger partial charge in [0.25, 0.3) is 5.91 Å². The van der Waals surface area contributed by atoms with Gasteiger partial charge in [-0.15, -0.1) is 11.3 Å². The van der Waals surface area contributed by atoms with Crippen LogP contribution in [0.1, 0.15) is 34.6 Å². The zero-order valence-corrected chi connectivity index (χ0v) is 30.0. The maximum absolute atomic E-state index is 14.1. The van der Waals surface area contributed by atoms with E-state index < -0.39 is 34.2 Å². The molecule has 7 N–H and O–H groups in total. The Labute approximate surface area is 302 Å². The maximum atomic E-state index is 14.1. The van der Waals surface area contributed by atoms with Crippen LogP contribution >= 0.6 is 22.7 Å². The summed E-state index contributed by atoms with van der Waals surface area (Å²) in [5.41, 5.74) is 3.05. The standard InChI is InChI=1S/C33H37N7O8S3/c1-20(2)16-40(17-29(41)28(10-21-6-4-3-5-7-21)38-33(43)46-18-25-15-36-19-49-25)51(44,45)26-8-9-27-30(14-26)50-32(37-27)39-31(42)22-11-23(47-34)13-24(12-22)48-35/h3-9,11-15,19-20,28-29,41H,10,16-18,34-35H2,1-2H3,(H,38,43)(H,37,39,42)/t28?,29-/m1/s1. The number of aliphatic hydroxyl groups is 1. The number of amides is 2. The van der Waals surface area contributed by atoms with Crippen molar-refractivity contribution < 1.29 is 37.5 Å². The van der Waals surface area contributed by atoms with Crippen LogP contribution in [0.3, 0.4) is 0 Å². The van der Waals surface area contributed by atoms with Gasteiger partial charge in [0, 0.05) is 30.9 Å².